The van der Waals surface area contributed by atoms with Crippen molar-refractivity contribution in [3.8, 4) is 28.6 Å². The molecule has 0 aliphatic rings. The van der Waals surface area contributed by atoms with Gasteiger partial charge in [0.1, 0.15) is 0 Å². The average molecular weight is 632 g/mol. The first-order chi connectivity index (χ1) is 23.6. The number of nitrogens with zero attached hydrogens (tertiary/aromatic N) is 3. The van der Waals surface area contributed by atoms with Crippen molar-refractivity contribution < 1.29 is 0 Å². The Hall–Kier alpha value is -6.15. The molecule has 48 heavy (non-hydrogen) atoms. The van der Waals surface area contributed by atoms with Crippen LogP contribution >= 0.6 is 11.3 Å². The summed E-state index contributed by atoms with van der Waals surface area (Å²) in [4.78, 5) is 0. The molecule has 226 valence electrons. The summed E-state index contributed by atoms with van der Waals surface area (Å²) in [5, 5.41) is 16.4. The van der Waals surface area contributed by atoms with Crippen LogP contribution in [-0.4, -0.2) is 9.13 Å². The number of aromatic nitrogens is 2. The van der Waals surface area contributed by atoms with Gasteiger partial charge in [-0.1, -0.05) is 91.5 Å². The maximum atomic E-state index is 10.2. The van der Waals surface area contributed by atoms with Crippen molar-refractivity contribution in [2.45, 2.75) is 6.92 Å². The highest BCUT2D eigenvalue weighted by molar-refractivity contribution is 7.25. The molecule has 3 nitrogen and oxygen atoms in total. The highest BCUT2D eigenvalue weighted by Crippen LogP contribution is 2.42. The second-order valence-electron chi connectivity index (χ2n) is 12.2. The van der Waals surface area contributed by atoms with E-state index in [2.05, 4.69) is 138 Å². The molecule has 0 fully saturated rings. The zero-order valence-electron chi connectivity index (χ0n) is 26.3. The van der Waals surface area contributed by atoms with E-state index in [1.807, 2.05) is 47.8 Å². The van der Waals surface area contributed by atoms with Crippen LogP contribution in [0.5, 0.6) is 0 Å². The lowest BCUT2D eigenvalue weighted by Crippen LogP contribution is -2.02. The Morgan fingerprint density at radius 2 is 1.29 bits per heavy atom. The lowest BCUT2D eigenvalue weighted by atomic mass is 9.99. The van der Waals surface area contributed by atoms with Gasteiger partial charge in [-0.15, -0.1) is 11.3 Å². The monoisotopic (exact) mass is 631 g/mol. The molecule has 0 bridgehead atoms. The van der Waals surface area contributed by atoms with Crippen molar-refractivity contribution in [3.63, 3.8) is 0 Å². The molecule has 0 spiro atoms. The summed E-state index contributed by atoms with van der Waals surface area (Å²) in [5.74, 6) is 0. The van der Waals surface area contributed by atoms with Gasteiger partial charge in [0.25, 0.3) is 0 Å². The summed E-state index contributed by atoms with van der Waals surface area (Å²) in [6.07, 6.45) is 5.95. The number of fused-ring (bicyclic) bond motifs is 7. The Balaban J connectivity index is 1.42. The van der Waals surface area contributed by atoms with Crippen LogP contribution in [0.2, 0.25) is 0 Å². The Labute approximate surface area is 282 Å². The predicted octanol–water partition coefficient (Wildman–Crippen LogP) is 12.1. The van der Waals surface area contributed by atoms with Crippen LogP contribution in [0.1, 0.15) is 16.8 Å². The lowest BCUT2D eigenvalue weighted by Gasteiger charge is -2.17. The maximum absolute atomic E-state index is 10.2. The molecule has 0 amide bonds. The molecular formula is C44H29N3S. The predicted molar refractivity (Wildman–Crippen MR) is 205 cm³/mol. The Morgan fingerprint density at radius 1 is 0.625 bits per heavy atom. The fraction of sp³-hybridized carbons (Fsp3) is 0.0227. The van der Waals surface area contributed by atoms with E-state index in [-0.39, 0.29) is 0 Å². The third-order valence-electron chi connectivity index (χ3n) is 9.51. The van der Waals surface area contributed by atoms with E-state index >= 15 is 0 Å². The number of rotatable bonds is 5. The molecule has 0 N–H and O–H groups in total. The van der Waals surface area contributed by atoms with Crippen LogP contribution in [0.25, 0.3) is 81.5 Å². The summed E-state index contributed by atoms with van der Waals surface area (Å²) in [6, 6.07) is 47.7. The molecule has 0 saturated carbocycles. The van der Waals surface area contributed by atoms with Crippen LogP contribution in [-0.2, 0) is 0 Å². The molecule has 0 atom stereocenters. The number of hydrogen-bond donors (Lipinski definition) is 0. The van der Waals surface area contributed by atoms with E-state index in [0.717, 1.165) is 44.7 Å². The highest BCUT2D eigenvalue weighted by Gasteiger charge is 2.20. The number of benzene rings is 6. The Bertz CT molecular complexity index is 2830. The van der Waals surface area contributed by atoms with Gasteiger partial charge < -0.3 is 9.13 Å². The minimum Gasteiger partial charge on any atom is -0.309 e. The normalized spacial score (nSPS) is 11.8. The summed E-state index contributed by atoms with van der Waals surface area (Å²) >= 11 is 1.84. The average Bonchev–Trinajstić information content (AvgIpc) is 3.76. The van der Waals surface area contributed by atoms with Crippen molar-refractivity contribution in [2.75, 3.05) is 0 Å². The second-order valence-corrected chi connectivity index (χ2v) is 13.3. The van der Waals surface area contributed by atoms with Crippen LogP contribution in [0.15, 0.2) is 146 Å². The number of hydrogen-bond acceptors (Lipinski definition) is 2. The van der Waals surface area contributed by atoms with Crippen LogP contribution in [0.3, 0.4) is 0 Å². The number of nitriles is 1. The van der Waals surface area contributed by atoms with Gasteiger partial charge in [0.2, 0.25) is 0 Å². The van der Waals surface area contributed by atoms with Gasteiger partial charge in [-0.25, -0.2) is 0 Å². The standard InChI is InChI=1S/C44H29N3S/c1-3-4-18-39-28(2)33-14-7-10-19-40(33)46(39)31-22-30(34-15-6-5-13-29(34)27-45)23-32(24-31)47-41-20-11-8-16-35(41)37-25-38-36-17-9-12-21-43(36)48-44(38)26-42(37)47/h3-26H,1H2,2H3/b18-4-. The molecule has 3 heterocycles. The van der Waals surface area contributed by atoms with E-state index in [4.69, 9.17) is 0 Å². The van der Waals surface area contributed by atoms with Gasteiger partial charge in [0, 0.05) is 53.4 Å². The van der Waals surface area contributed by atoms with Crippen LogP contribution in [0, 0.1) is 18.3 Å². The van der Waals surface area contributed by atoms with Gasteiger partial charge in [0.05, 0.1) is 28.2 Å². The Kier molecular flexibility index (Phi) is 6.43. The van der Waals surface area contributed by atoms with Crippen molar-refractivity contribution >= 4 is 70.3 Å². The molecule has 0 aliphatic carbocycles. The number of para-hydroxylation sites is 2. The molecule has 0 aliphatic heterocycles. The molecule has 3 aromatic heterocycles. The van der Waals surface area contributed by atoms with Crippen molar-refractivity contribution in [1.29, 1.82) is 5.26 Å². The van der Waals surface area contributed by atoms with Gasteiger partial charge >= 0.3 is 0 Å². The quantitative estimate of drug-likeness (QED) is 0.174. The van der Waals surface area contributed by atoms with Gasteiger partial charge in [0.15, 0.2) is 0 Å². The third-order valence-corrected chi connectivity index (χ3v) is 10.6. The van der Waals surface area contributed by atoms with Crippen molar-refractivity contribution in [3.05, 3.63) is 163 Å². The second kappa shape index (κ2) is 11.0. The summed E-state index contributed by atoms with van der Waals surface area (Å²) in [6.45, 7) is 6.13. The minimum absolute atomic E-state index is 0.648. The molecule has 0 unspecified atom stereocenters. The smallest absolute Gasteiger partial charge is 0.0998 e. The minimum atomic E-state index is 0.648. The van der Waals surface area contributed by atoms with E-state index in [0.29, 0.717) is 5.56 Å². The largest absolute Gasteiger partial charge is 0.309 e. The fourth-order valence-corrected chi connectivity index (χ4v) is 8.49. The third kappa shape index (κ3) is 4.19. The molecule has 0 saturated heterocycles. The highest BCUT2D eigenvalue weighted by atomic mass is 32.1. The SMILES string of the molecule is C=C/C=C\c1c(C)c2ccccc2n1-c1cc(-c2ccccc2C#N)cc(-n2c3ccccc3c3cc4c(cc32)sc2ccccc24)c1. The molecular weight excluding hydrogens is 603 g/mol. The maximum Gasteiger partial charge on any atom is 0.0998 e. The lowest BCUT2D eigenvalue weighted by molar-refractivity contribution is 1.08. The summed E-state index contributed by atoms with van der Waals surface area (Å²) in [5.41, 5.74) is 10.3. The van der Waals surface area contributed by atoms with E-state index < -0.39 is 0 Å². The fourth-order valence-electron chi connectivity index (χ4n) is 7.36. The van der Waals surface area contributed by atoms with Crippen molar-refractivity contribution in [2.24, 2.45) is 0 Å². The van der Waals surface area contributed by atoms with Crippen LogP contribution < -0.4 is 0 Å². The van der Waals surface area contributed by atoms with Gasteiger partial charge in [-0.05, 0) is 84.3 Å². The van der Waals surface area contributed by atoms with E-state index in [1.54, 1.807) is 0 Å². The Morgan fingerprint density at radius 3 is 2.08 bits per heavy atom. The van der Waals surface area contributed by atoms with Crippen molar-refractivity contribution in [1.82, 2.24) is 9.13 Å². The molecule has 9 rings (SSSR count). The molecule has 4 heteroatoms. The van der Waals surface area contributed by atoms with E-state index in [1.165, 1.54) is 41.9 Å². The number of aryl methyl sites for hydroxylation is 1. The first-order valence-corrected chi connectivity index (χ1v) is 16.8. The summed E-state index contributed by atoms with van der Waals surface area (Å²) in [7, 11) is 0. The van der Waals surface area contributed by atoms with Gasteiger partial charge in [-0.2, -0.15) is 5.26 Å². The topological polar surface area (TPSA) is 33.6 Å². The summed E-state index contributed by atoms with van der Waals surface area (Å²) < 4.78 is 7.30. The first kappa shape index (κ1) is 28.1. The molecule has 6 aromatic carbocycles. The zero-order chi connectivity index (χ0) is 32.4. The number of allylic oxidation sites excluding steroid dienone is 2. The molecule has 9 aromatic rings. The molecule has 0 radical (unpaired) electrons. The van der Waals surface area contributed by atoms with Crippen LogP contribution in [0.4, 0.5) is 0 Å². The number of thiophene rings is 1. The van der Waals surface area contributed by atoms with E-state index in [9.17, 15) is 5.26 Å². The first-order valence-electron chi connectivity index (χ1n) is 16.0. The van der Waals surface area contributed by atoms with Gasteiger partial charge in [-0.3, -0.25) is 0 Å². The zero-order valence-corrected chi connectivity index (χ0v) is 27.1.